The number of fused-ring (bicyclic) bond motifs is 2. The summed E-state index contributed by atoms with van der Waals surface area (Å²) in [4.78, 5) is 15.6. The van der Waals surface area contributed by atoms with E-state index < -0.39 is 0 Å². The van der Waals surface area contributed by atoms with Gasteiger partial charge in [-0.1, -0.05) is 54.6 Å². The number of urea groups is 1. The number of H-pyrrole nitrogens is 1. The van der Waals surface area contributed by atoms with Crippen LogP contribution in [-0.2, 0) is 6.42 Å². The molecule has 0 saturated heterocycles. The normalized spacial score (nSPS) is 10.9. The van der Waals surface area contributed by atoms with Crippen LogP contribution >= 0.6 is 0 Å². The fourth-order valence-electron chi connectivity index (χ4n) is 3.08. The van der Waals surface area contributed by atoms with Gasteiger partial charge < -0.3 is 15.6 Å². The number of hydrogen-bond acceptors (Lipinski definition) is 1. The van der Waals surface area contributed by atoms with Gasteiger partial charge in [-0.25, -0.2) is 4.79 Å². The van der Waals surface area contributed by atoms with Crippen molar-refractivity contribution in [3.05, 3.63) is 78.5 Å². The summed E-state index contributed by atoms with van der Waals surface area (Å²) in [6.07, 6.45) is 0.762. The minimum Gasteiger partial charge on any atom is -0.358 e. The maximum atomic E-state index is 12.2. The number of aromatic nitrogens is 1. The van der Waals surface area contributed by atoms with Crippen molar-refractivity contribution in [2.45, 2.75) is 6.42 Å². The molecule has 2 amide bonds. The molecule has 0 unspecified atom stereocenters. The third-order valence-corrected chi connectivity index (χ3v) is 4.30. The Bertz CT molecular complexity index is 997. The van der Waals surface area contributed by atoms with Crippen LogP contribution in [0.4, 0.5) is 10.5 Å². The lowest BCUT2D eigenvalue weighted by Crippen LogP contribution is -2.30. The van der Waals surface area contributed by atoms with E-state index in [-0.39, 0.29) is 6.03 Å². The van der Waals surface area contributed by atoms with Gasteiger partial charge in [0.2, 0.25) is 0 Å². The van der Waals surface area contributed by atoms with E-state index in [9.17, 15) is 4.79 Å². The van der Waals surface area contributed by atoms with Crippen molar-refractivity contribution in [3.63, 3.8) is 0 Å². The SMILES string of the molecule is O=C(NCCc1cc2ccccc2[nH]1)Nc1cccc2ccccc12. The van der Waals surface area contributed by atoms with E-state index >= 15 is 0 Å². The molecule has 3 aromatic carbocycles. The molecule has 4 aromatic rings. The molecule has 0 aliphatic heterocycles. The van der Waals surface area contributed by atoms with Gasteiger partial charge in [-0.15, -0.1) is 0 Å². The van der Waals surface area contributed by atoms with Gasteiger partial charge in [-0.2, -0.15) is 0 Å². The quantitative estimate of drug-likeness (QED) is 0.500. The lowest BCUT2D eigenvalue weighted by atomic mass is 10.1. The predicted octanol–water partition coefficient (Wildman–Crippen LogP) is 4.69. The van der Waals surface area contributed by atoms with E-state index in [1.54, 1.807) is 0 Å². The molecular formula is C21H19N3O. The van der Waals surface area contributed by atoms with Gasteiger partial charge in [0.25, 0.3) is 0 Å². The lowest BCUT2D eigenvalue weighted by molar-refractivity contribution is 0.252. The summed E-state index contributed by atoms with van der Waals surface area (Å²) >= 11 is 0. The molecule has 3 N–H and O–H groups in total. The Kier molecular flexibility index (Phi) is 4.09. The second-order valence-corrected chi connectivity index (χ2v) is 6.04. The highest BCUT2D eigenvalue weighted by atomic mass is 16.2. The largest absolute Gasteiger partial charge is 0.358 e. The molecule has 25 heavy (non-hydrogen) atoms. The topological polar surface area (TPSA) is 56.9 Å². The number of carbonyl (C=O) groups excluding carboxylic acids is 1. The van der Waals surface area contributed by atoms with Crippen molar-refractivity contribution in [2.75, 3.05) is 11.9 Å². The van der Waals surface area contributed by atoms with Gasteiger partial charge in [-0.05, 0) is 29.0 Å². The first kappa shape index (κ1) is 15.3. The Hall–Kier alpha value is -3.27. The maximum absolute atomic E-state index is 12.2. The van der Waals surface area contributed by atoms with Gasteiger partial charge >= 0.3 is 6.03 Å². The van der Waals surface area contributed by atoms with Crippen LogP contribution in [0.2, 0.25) is 0 Å². The van der Waals surface area contributed by atoms with Gasteiger partial charge in [0.1, 0.15) is 0 Å². The smallest absolute Gasteiger partial charge is 0.319 e. The number of nitrogens with one attached hydrogen (secondary N) is 3. The van der Waals surface area contributed by atoms with Crippen LogP contribution in [0.1, 0.15) is 5.69 Å². The Morgan fingerprint density at radius 3 is 2.52 bits per heavy atom. The Morgan fingerprint density at radius 2 is 1.64 bits per heavy atom. The fraction of sp³-hybridized carbons (Fsp3) is 0.0952. The summed E-state index contributed by atoms with van der Waals surface area (Å²) in [5.41, 5.74) is 3.06. The molecule has 1 heterocycles. The van der Waals surface area contributed by atoms with Crippen LogP contribution in [0.25, 0.3) is 21.7 Å². The van der Waals surface area contributed by atoms with E-state index in [1.165, 1.54) is 5.39 Å². The van der Waals surface area contributed by atoms with Crippen LogP contribution in [0.3, 0.4) is 0 Å². The highest BCUT2D eigenvalue weighted by Gasteiger charge is 2.05. The molecule has 0 atom stereocenters. The van der Waals surface area contributed by atoms with Gasteiger partial charge in [-0.3, -0.25) is 0 Å². The number of aromatic amines is 1. The highest BCUT2D eigenvalue weighted by Crippen LogP contribution is 2.22. The molecule has 0 aliphatic rings. The first-order chi connectivity index (χ1) is 12.3. The second-order valence-electron chi connectivity index (χ2n) is 6.04. The van der Waals surface area contributed by atoms with Crippen LogP contribution in [0.5, 0.6) is 0 Å². The van der Waals surface area contributed by atoms with Crippen molar-refractivity contribution >= 4 is 33.4 Å². The number of benzene rings is 3. The first-order valence-electron chi connectivity index (χ1n) is 8.39. The number of hydrogen-bond donors (Lipinski definition) is 3. The lowest BCUT2D eigenvalue weighted by Gasteiger charge is -2.10. The van der Waals surface area contributed by atoms with Crippen molar-refractivity contribution in [1.82, 2.24) is 10.3 Å². The predicted molar refractivity (Wildman–Crippen MR) is 103 cm³/mol. The van der Waals surface area contributed by atoms with Crippen molar-refractivity contribution in [2.24, 2.45) is 0 Å². The molecule has 0 saturated carbocycles. The van der Waals surface area contributed by atoms with Crippen LogP contribution in [-0.4, -0.2) is 17.6 Å². The first-order valence-corrected chi connectivity index (χ1v) is 8.39. The zero-order valence-electron chi connectivity index (χ0n) is 13.8. The van der Waals surface area contributed by atoms with Gasteiger partial charge in [0.15, 0.2) is 0 Å². The summed E-state index contributed by atoms with van der Waals surface area (Å²) in [6, 6.07) is 24.0. The number of anilines is 1. The zero-order valence-corrected chi connectivity index (χ0v) is 13.8. The molecule has 4 heteroatoms. The van der Waals surface area contributed by atoms with E-state index in [4.69, 9.17) is 0 Å². The minimum atomic E-state index is -0.188. The molecule has 124 valence electrons. The van der Waals surface area contributed by atoms with Crippen molar-refractivity contribution in [1.29, 1.82) is 0 Å². The number of rotatable bonds is 4. The Labute approximate surface area is 145 Å². The van der Waals surface area contributed by atoms with Crippen LogP contribution in [0, 0.1) is 0 Å². The number of amides is 2. The Morgan fingerprint density at radius 1 is 0.880 bits per heavy atom. The Balaban J connectivity index is 1.37. The van der Waals surface area contributed by atoms with Crippen LogP contribution in [0.15, 0.2) is 72.8 Å². The molecule has 1 aromatic heterocycles. The molecule has 0 spiro atoms. The molecule has 4 rings (SSSR count). The highest BCUT2D eigenvalue weighted by molar-refractivity contribution is 6.01. The van der Waals surface area contributed by atoms with Gasteiger partial charge in [0.05, 0.1) is 5.69 Å². The standard InChI is InChI=1S/C21H19N3O/c25-21(24-20-11-5-8-15-6-1-3-9-18(15)20)22-13-12-17-14-16-7-2-4-10-19(16)23-17/h1-11,14,23H,12-13H2,(H2,22,24,25). The summed E-state index contributed by atoms with van der Waals surface area (Å²) < 4.78 is 0. The molecular weight excluding hydrogens is 310 g/mol. The average molecular weight is 329 g/mol. The summed E-state index contributed by atoms with van der Waals surface area (Å²) in [6.45, 7) is 0.573. The van der Waals surface area contributed by atoms with Crippen molar-refractivity contribution in [3.8, 4) is 0 Å². The van der Waals surface area contributed by atoms with Gasteiger partial charge in [0, 0.05) is 29.6 Å². The summed E-state index contributed by atoms with van der Waals surface area (Å²) in [5, 5.41) is 9.20. The maximum Gasteiger partial charge on any atom is 0.319 e. The molecule has 0 fully saturated rings. The molecule has 0 radical (unpaired) electrons. The van der Waals surface area contributed by atoms with Crippen molar-refractivity contribution < 1.29 is 4.79 Å². The second kappa shape index (κ2) is 6.69. The molecule has 0 bridgehead atoms. The van der Waals surface area contributed by atoms with E-state index in [1.807, 2.05) is 54.6 Å². The molecule has 4 nitrogen and oxygen atoms in total. The van der Waals surface area contributed by atoms with E-state index in [0.717, 1.165) is 34.1 Å². The number of carbonyl (C=O) groups is 1. The van der Waals surface area contributed by atoms with E-state index in [0.29, 0.717) is 6.54 Å². The molecule has 0 aliphatic carbocycles. The fourth-order valence-corrected chi connectivity index (χ4v) is 3.08. The third kappa shape index (κ3) is 3.33. The third-order valence-electron chi connectivity index (χ3n) is 4.30. The van der Waals surface area contributed by atoms with Crippen LogP contribution < -0.4 is 10.6 Å². The summed E-state index contributed by atoms with van der Waals surface area (Å²) in [5.74, 6) is 0. The zero-order chi connectivity index (χ0) is 17.1. The monoisotopic (exact) mass is 329 g/mol. The average Bonchev–Trinajstić information content (AvgIpc) is 3.05. The van der Waals surface area contributed by atoms with E-state index in [2.05, 4.69) is 33.8 Å². The number of para-hydroxylation sites is 1. The summed E-state index contributed by atoms with van der Waals surface area (Å²) in [7, 11) is 0. The minimum absolute atomic E-state index is 0.188.